The van der Waals surface area contributed by atoms with Crippen LogP contribution >= 0.6 is 11.3 Å². The lowest BCUT2D eigenvalue weighted by Crippen LogP contribution is -2.33. The maximum Gasteiger partial charge on any atom is 0.220 e. The third-order valence-corrected chi connectivity index (χ3v) is 8.31. The van der Waals surface area contributed by atoms with Crippen molar-refractivity contribution < 1.29 is 19.4 Å². The molecule has 0 spiro atoms. The number of carbonyl (C=O) groups is 2. The predicted octanol–water partition coefficient (Wildman–Crippen LogP) is 5.01. The molecule has 3 heterocycles. The summed E-state index contributed by atoms with van der Waals surface area (Å²) in [6, 6.07) is 6.08. The van der Waals surface area contributed by atoms with Crippen molar-refractivity contribution in [2.45, 2.75) is 103 Å². The van der Waals surface area contributed by atoms with Gasteiger partial charge in [-0.05, 0) is 50.8 Å². The smallest absolute Gasteiger partial charge is 0.220 e. The highest BCUT2D eigenvalue weighted by Gasteiger charge is 2.52. The molecule has 180 valence electrons. The third-order valence-electron chi connectivity index (χ3n) is 7.35. The average Bonchev–Trinajstić information content (AvgIpc) is 3.21. The Morgan fingerprint density at radius 3 is 2.76 bits per heavy atom. The van der Waals surface area contributed by atoms with E-state index in [1.165, 1.54) is 0 Å². The number of aryl methyl sites for hydroxylation is 1. The lowest BCUT2D eigenvalue weighted by Gasteiger charge is -2.25. The Balaban J connectivity index is 1.55. The molecule has 0 saturated carbocycles. The number of nitrogens with zero attached hydrogens (tertiary/aromatic N) is 1. The van der Waals surface area contributed by atoms with Gasteiger partial charge in [0.1, 0.15) is 5.78 Å². The molecule has 2 fully saturated rings. The second-order valence-electron chi connectivity index (χ2n) is 10.6. The number of Topliss-reactive ketones (excluding diaryl/α,β-unsaturated/α-hetero) is 1. The van der Waals surface area contributed by atoms with Gasteiger partial charge in [0, 0.05) is 24.7 Å². The van der Waals surface area contributed by atoms with Gasteiger partial charge in [-0.2, -0.15) is 0 Å². The number of nitrogens with one attached hydrogen (secondary N) is 1. The summed E-state index contributed by atoms with van der Waals surface area (Å²) in [6.07, 6.45) is 4.42. The molecule has 2 aliphatic rings. The van der Waals surface area contributed by atoms with Crippen molar-refractivity contribution in [2.75, 3.05) is 0 Å². The summed E-state index contributed by atoms with van der Waals surface area (Å²) in [4.78, 5) is 30.3. The molecule has 1 amide bonds. The van der Waals surface area contributed by atoms with Crippen molar-refractivity contribution in [3.05, 3.63) is 28.8 Å². The van der Waals surface area contributed by atoms with Crippen LogP contribution in [0.1, 0.15) is 88.8 Å². The molecule has 6 nitrogen and oxygen atoms in total. The number of ether oxygens (including phenoxy) is 1. The maximum absolute atomic E-state index is 13.0. The molecular formula is C26H36N2O4S. The largest absolute Gasteiger partial charge is 0.393 e. The molecule has 1 aromatic heterocycles. The minimum Gasteiger partial charge on any atom is -0.393 e. The molecule has 2 saturated heterocycles. The zero-order valence-corrected chi connectivity index (χ0v) is 21.0. The molecule has 4 atom stereocenters. The number of ketones is 1. The first-order valence-electron chi connectivity index (χ1n) is 12.1. The first-order valence-corrected chi connectivity index (χ1v) is 12.9. The number of benzene rings is 1. The highest BCUT2D eigenvalue weighted by molar-refractivity contribution is 7.18. The summed E-state index contributed by atoms with van der Waals surface area (Å²) in [5.41, 5.74) is 1.17. The van der Waals surface area contributed by atoms with E-state index in [9.17, 15) is 14.7 Å². The van der Waals surface area contributed by atoms with E-state index in [0.29, 0.717) is 19.3 Å². The van der Waals surface area contributed by atoms with E-state index < -0.39 is 11.5 Å². The zero-order chi connectivity index (χ0) is 23.8. The topological polar surface area (TPSA) is 91.8 Å². The van der Waals surface area contributed by atoms with E-state index in [1.54, 1.807) is 11.3 Å². The van der Waals surface area contributed by atoms with E-state index in [-0.39, 0.29) is 42.3 Å². The van der Waals surface area contributed by atoms with Crippen molar-refractivity contribution in [3.63, 3.8) is 0 Å². The molecule has 0 radical (unpaired) electrons. The van der Waals surface area contributed by atoms with Crippen molar-refractivity contribution in [1.29, 1.82) is 0 Å². The van der Waals surface area contributed by atoms with E-state index in [2.05, 4.69) is 35.4 Å². The van der Waals surface area contributed by atoms with Crippen molar-refractivity contribution in [2.24, 2.45) is 5.41 Å². The Labute approximate surface area is 200 Å². The Morgan fingerprint density at radius 1 is 1.18 bits per heavy atom. The van der Waals surface area contributed by atoms with Gasteiger partial charge in [-0.25, -0.2) is 4.98 Å². The summed E-state index contributed by atoms with van der Waals surface area (Å²) < 4.78 is 7.25. The lowest BCUT2D eigenvalue weighted by atomic mass is 9.80. The summed E-state index contributed by atoms with van der Waals surface area (Å²) in [5, 5.41) is 14.6. The number of epoxide rings is 1. The summed E-state index contributed by atoms with van der Waals surface area (Å²) >= 11 is 1.67. The molecule has 3 unspecified atom stereocenters. The Kier molecular flexibility index (Phi) is 6.95. The fourth-order valence-corrected chi connectivity index (χ4v) is 5.66. The van der Waals surface area contributed by atoms with Gasteiger partial charge in [0.15, 0.2) is 0 Å². The lowest BCUT2D eigenvalue weighted by molar-refractivity contribution is -0.130. The van der Waals surface area contributed by atoms with Gasteiger partial charge in [0.25, 0.3) is 0 Å². The van der Waals surface area contributed by atoms with E-state index >= 15 is 0 Å². The van der Waals surface area contributed by atoms with Crippen LogP contribution in [0.5, 0.6) is 0 Å². The van der Waals surface area contributed by atoms with Crippen LogP contribution in [0.15, 0.2) is 18.2 Å². The molecule has 0 aliphatic carbocycles. The van der Waals surface area contributed by atoms with Crippen LogP contribution in [0, 0.1) is 12.3 Å². The third kappa shape index (κ3) is 5.81. The normalized spacial score (nSPS) is 31.7. The number of hydrogen-bond donors (Lipinski definition) is 2. The zero-order valence-electron chi connectivity index (χ0n) is 20.1. The van der Waals surface area contributed by atoms with Gasteiger partial charge in [-0.15, -0.1) is 11.3 Å². The Hall–Kier alpha value is -1.83. The van der Waals surface area contributed by atoms with Gasteiger partial charge in [-0.1, -0.05) is 32.8 Å². The Bertz CT molecular complexity index is 1030. The van der Waals surface area contributed by atoms with Crippen LogP contribution in [-0.2, 0) is 14.3 Å². The SMILES string of the molecule is Cc1nc2cc(C3CC4O[C@]4(C)CCCCC(O)CC(=O)C(C)(C)CCC(=O)N3)ccc2s1. The highest BCUT2D eigenvalue weighted by atomic mass is 32.1. The van der Waals surface area contributed by atoms with Crippen LogP contribution in [-0.4, -0.2) is 39.6 Å². The molecule has 2 aliphatic heterocycles. The van der Waals surface area contributed by atoms with Gasteiger partial charge in [0.2, 0.25) is 5.91 Å². The molecule has 2 N–H and O–H groups in total. The van der Waals surface area contributed by atoms with Gasteiger partial charge >= 0.3 is 0 Å². The minimum atomic E-state index is -0.639. The van der Waals surface area contributed by atoms with Gasteiger partial charge in [-0.3, -0.25) is 9.59 Å². The number of carbonyl (C=O) groups excluding carboxylic acids is 2. The number of amides is 1. The molecule has 1 aromatic carbocycles. The van der Waals surface area contributed by atoms with Crippen LogP contribution in [0.2, 0.25) is 0 Å². The van der Waals surface area contributed by atoms with Crippen LogP contribution in [0.4, 0.5) is 0 Å². The fraction of sp³-hybridized carbons (Fsp3) is 0.654. The number of hydrogen-bond acceptors (Lipinski definition) is 6. The first kappa shape index (κ1) is 24.3. The number of thiazole rings is 1. The summed E-state index contributed by atoms with van der Waals surface area (Å²) in [6.45, 7) is 7.88. The number of aliphatic hydroxyl groups excluding tert-OH is 1. The van der Waals surface area contributed by atoms with Crippen molar-refractivity contribution >= 4 is 33.2 Å². The van der Waals surface area contributed by atoms with E-state index in [1.807, 2.05) is 20.8 Å². The second-order valence-corrected chi connectivity index (χ2v) is 11.9. The van der Waals surface area contributed by atoms with Crippen molar-refractivity contribution in [3.8, 4) is 0 Å². The first-order chi connectivity index (χ1) is 15.6. The molecule has 4 rings (SSSR count). The van der Waals surface area contributed by atoms with E-state index in [0.717, 1.165) is 40.1 Å². The number of rotatable bonds is 1. The van der Waals surface area contributed by atoms with E-state index in [4.69, 9.17) is 4.74 Å². The summed E-state index contributed by atoms with van der Waals surface area (Å²) in [5.74, 6) is -0.0428. The second kappa shape index (κ2) is 9.43. The van der Waals surface area contributed by atoms with Crippen LogP contribution < -0.4 is 5.32 Å². The molecular weight excluding hydrogens is 436 g/mol. The quantitative estimate of drug-likeness (QED) is 0.569. The minimum absolute atomic E-state index is 0.0216. The summed E-state index contributed by atoms with van der Waals surface area (Å²) in [7, 11) is 0. The maximum atomic E-state index is 13.0. The standard InChI is InChI=1S/C26H36N2O4S/c1-16-27-20-13-17(8-9-21(20)33-16)19-15-23-26(4,32-23)11-6-5-7-18(29)14-22(30)25(2,3)12-10-24(31)28-19/h8-9,13,18-19,23,29H,5-7,10-12,14-15H2,1-4H3,(H,28,31)/t18?,19?,23?,26-/m1/s1. The predicted molar refractivity (Wildman–Crippen MR) is 130 cm³/mol. The fourth-order valence-electron chi connectivity index (χ4n) is 4.86. The highest BCUT2D eigenvalue weighted by Crippen LogP contribution is 2.45. The number of aliphatic hydroxyl groups is 1. The number of aromatic nitrogens is 1. The Morgan fingerprint density at radius 2 is 1.97 bits per heavy atom. The van der Waals surface area contributed by atoms with Crippen molar-refractivity contribution in [1.82, 2.24) is 10.3 Å². The van der Waals surface area contributed by atoms with Crippen LogP contribution in [0.25, 0.3) is 10.2 Å². The van der Waals surface area contributed by atoms with Gasteiger partial charge in [0.05, 0.1) is 39.1 Å². The average molecular weight is 473 g/mol. The number of fused-ring (bicyclic) bond motifs is 2. The molecule has 0 bridgehead atoms. The molecule has 7 heteroatoms. The van der Waals surface area contributed by atoms with Crippen LogP contribution in [0.3, 0.4) is 0 Å². The van der Waals surface area contributed by atoms with Gasteiger partial charge < -0.3 is 15.2 Å². The monoisotopic (exact) mass is 472 g/mol. The molecule has 2 aromatic rings. The molecule has 33 heavy (non-hydrogen) atoms.